The molecule has 0 amide bonds. The molecule has 0 spiro atoms. The number of hydrogen-bond acceptors (Lipinski definition) is 4. The highest BCUT2D eigenvalue weighted by atomic mass is 16.1. The van der Waals surface area contributed by atoms with Crippen LogP contribution in [0.4, 0.5) is 17.3 Å². The molecule has 0 bridgehead atoms. The van der Waals surface area contributed by atoms with E-state index in [0.717, 1.165) is 5.69 Å². The largest absolute Gasteiger partial charge is 0.399 e. The Hall–Kier alpha value is -2.82. The maximum absolute atomic E-state index is 11.9. The summed E-state index contributed by atoms with van der Waals surface area (Å²) in [6.45, 7) is 0. The zero-order valence-corrected chi connectivity index (χ0v) is 10.1. The van der Waals surface area contributed by atoms with E-state index in [9.17, 15) is 4.79 Å². The molecule has 5 nitrogen and oxygen atoms in total. The second kappa shape index (κ2) is 4.45. The monoisotopic (exact) mass is 252 g/mol. The summed E-state index contributed by atoms with van der Waals surface area (Å²) in [6, 6.07) is 14.4. The summed E-state index contributed by atoms with van der Waals surface area (Å²) < 4.78 is 0. The van der Waals surface area contributed by atoms with Crippen molar-refractivity contribution in [3.8, 4) is 0 Å². The molecule has 2 aromatic carbocycles. The van der Waals surface area contributed by atoms with E-state index in [2.05, 4.69) is 15.3 Å². The first-order valence-electron chi connectivity index (χ1n) is 5.84. The van der Waals surface area contributed by atoms with Gasteiger partial charge in [-0.1, -0.05) is 12.1 Å². The van der Waals surface area contributed by atoms with E-state index < -0.39 is 0 Å². The molecule has 0 unspecified atom stereocenters. The number of rotatable bonds is 2. The molecule has 1 heterocycles. The van der Waals surface area contributed by atoms with E-state index in [4.69, 9.17) is 5.73 Å². The molecule has 3 rings (SSSR count). The second-order valence-electron chi connectivity index (χ2n) is 4.18. The van der Waals surface area contributed by atoms with Gasteiger partial charge in [0.25, 0.3) is 5.56 Å². The Morgan fingerprint density at radius 1 is 1.05 bits per heavy atom. The van der Waals surface area contributed by atoms with Crippen LogP contribution in [0.25, 0.3) is 10.9 Å². The average molecular weight is 252 g/mol. The first kappa shape index (κ1) is 11.3. The number of aromatic nitrogens is 2. The molecule has 0 aliphatic carbocycles. The van der Waals surface area contributed by atoms with Crippen molar-refractivity contribution >= 4 is 28.2 Å². The van der Waals surface area contributed by atoms with Crippen LogP contribution in [0.15, 0.2) is 53.3 Å². The number of nitrogens with two attached hydrogens (primary N) is 1. The van der Waals surface area contributed by atoms with E-state index in [-0.39, 0.29) is 5.56 Å². The fourth-order valence-corrected chi connectivity index (χ4v) is 1.85. The van der Waals surface area contributed by atoms with E-state index in [1.165, 1.54) is 0 Å². The minimum absolute atomic E-state index is 0.163. The topological polar surface area (TPSA) is 83.8 Å². The van der Waals surface area contributed by atoms with Crippen LogP contribution in [0.1, 0.15) is 0 Å². The van der Waals surface area contributed by atoms with Gasteiger partial charge in [-0.25, -0.2) is 4.98 Å². The van der Waals surface area contributed by atoms with Crippen molar-refractivity contribution in [3.63, 3.8) is 0 Å². The Labute approximate surface area is 109 Å². The predicted molar refractivity (Wildman–Crippen MR) is 76.5 cm³/mol. The van der Waals surface area contributed by atoms with Crippen LogP contribution in [0, 0.1) is 0 Å². The molecule has 4 N–H and O–H groups in total. The zero-order valence-electron chi connectivity index (χ0n) is 10.1. The molecule has 0 saturated heterocycles. The van der Waals surface area contributed by atoms with Gasteiger partial charge in [0.1, 0.15) is 0 Å². The Morgan fingerprint density at radius 3 is 2.58 bits per heavy atom. The molecule has 1 aromatic heterocycles. The first-order valence-corrected chi connectivity index (χ1v) is 5.84. The highest BCUT2D eigenvalue weighted by molar-refractivity contribution is 5.78. The van der Waals surface area contributed by atoms with Crippen LogP contribution in [0.5, 0.6) is 0 Å². The number of nitrogens with one attached hydrogen (secondary N) is 2. The highest BCUT2D eigenvalue weighted by Crippen LogP contribution is 2.15. The van der Waals surface area contributed by atoms with E-state index >= 15 is 0 Å². The maximum Gasteiger partial charge on any atom is 0.260 e. The standard InChI is InChI=1S/C14H12N4O/c15-9-5-7-10(8-6-9)16-14-17-12-4-2-1-3-11(12)13(19)18-14/h1-8H,15H2,(H2,16,17,18,19). The Balaban J connectivity index is 2.01. The van der Waals surface area contributed by atoms with Gasteiger partial charge in [0.05, 0.1) is 10.9 Å². The second-order valence-corrected chi connectivity index (χ2v) is 4.18. The summed E-state index contributed by atoms with van der Waals surface area (Å²) in [6.07, 6.45) is 0. The molecular weight excluding hydrogens is 240 g/mol. The molecule has 0 aliphatic heterocycles. The van der Waals surface area contributed by atoms with Crippen LogP contribution in [0.2, 0.25) is 0 Å². The molecular formula is C14H12N4O. The molecule has 0 atom stereocenters. The average Bonchev–Trinajstić information content (AvgIpc) is 2.42. The summed E-state index contributed by atoms with van der Waals surface area (Å²) in [4.78, 5) is 18.9. The van der Waals surface area contributed by atoms with E-state index in [0.29, 0.717) is 22.5 Å². The van der Waals surface area contributed by atoms with Gasteiger partial charge in [-0.15, -0.1) is 0 Å². The van der Waals surface area contributed by atoms with Crippen molar-refractivity contribution in [1.29, 1.82) is 0 Å². The molecule has 3 aromatic rings. The Bertz CT molecular complexity index is 777. The van der Waals surface area contributed by atoms with Gasteiger partial charge in [0.15, 0.2) is 0 Å². The minimum Gasteiger partial charge on any atom is -0.399 e. The van der Waals surface area contributed by atoms with Crippen molar-refractivity contribution in [1.82, 2.24) is 9.97 Å². The van der Waals surface area contributed by atoms with Crippen LogP contribution in [0.3, 0.4) is 0 Å². The van der Waals surface area contributed by atoms with Crippen LogP contribution < -0.4 is 16.6 Å². The fourth-order valence-electron chi connectivity index (χ4n) is 1.85. The molecule has 5 heteroatoms. The van der Waals surface area contributed by atoms with Gasteiger partial charge >= 0.3 is 0 Å². The smallest absolute Gasteiger partial charge is 0.260 e. The van der Waals surface area contributed by atoms with E-state index in [1.807, 2.05) is 24.3 Å². The number of anilines is 3. The number of para-hydroxylation sites is 1. The maximum atomic E-state index is 11.9. The zero-order chi connectivity index (χ0) is 13.2. The number of nitrogen functional groups attached to an aromatic ring is 1. The normalized spacial score (nSPS) is 10.5. The van der Waals surface area contributed by atoms with Crippen molar-refractivity contribution < 1.29 is 0 Å². The third-order valence-electron chi connectivity index (χ3n) is 2.79. The highest BCUT2D eigenvalue weighted by Gasteiger charge is 2.03. The number of benzene rings is 2. The van der Waals surface area contributed by atoms with Gasteiger partial charge in [-0.05, 0) is 36.4 Å². The summed E-state index contributed by atoms with van der Waals surface area (Å²) in [5, 5.41) is 3.62. The number of nitrogens with zero attached hydrogens (tertiary/aromatic N) is 1. The first-order chi connectivity index (χ1) is 9.22. The summed E-state index contributed by atoms with van der Waals surface area (Å²) in [7, 11) is 0. The predicted octanol–water partition coefficient (Wildman–Crippen LogP) is 2.25. The van der Waals surface area contributed by atoms with Crippen molar-refractivity contribution in [2.75, 3.05) is 11.1 Å². The van der Waals surface area contributed by atoms with Crippen LogP contribution >= 0.6 is 0 Å². The van der Waals surface area contributed by atoms with Gasteiger partial charge in [-0.3, -0.25) is 9.78 Å². The van der Waals surface area contributed by atoms with Crippen molar-refractivity contribution in [2.45, 2.75) is 0 Å². The van der Waals surface area contributed by atoms with Crippen LogP contribution in [-0.4, -0.2) is 9.97 Å². The van der Waals surface area contributed by atoms with Gasteiger partial charge in [0, 0.05) is 11.4 Å². The summed E-state index contributed by atoms with van der Waals surface area (Å²) in [5.41, 5.74) is 7.61. The third kappa shape index (κ3) is 2.26. The lowest BCUT2D eigenvalue weighted by Gasteiger charge is -2.06. The third-order valence-corrected chi connectivity index (χ3v) is 2.79. The lowest BCUT2D eigenvalue weighted by Crippen LogP contribution is -2.11. The number of H-pyrrole nitrogens is 1. The molecule has 0 fully saturated rings. The minimum atomic E-state index is -0.163. The van der Waals surface area contributed by atoms with E-state index in [1.54, 1.807) is 24.3 Å². The van der Waals surface area contributed by atoms with Crippen molar-refractivity contribution in [3.05, 3.63) is 58.9 Å². The number of fused-ring (bicyclic) bond motifs is 1. The molecule has 94 valence electrons. The number of hydrogen-bond donors (Lipinski definition) is 3. The molecule has 19 heavy (non-hydrogen) atoms. The van der Waals surface area contributed by atoms with Gasteiger partial charge in [0.2, 0.25) is 5.95 Å². The lowest BCUT2D eigenvalue weighted by atomic mass is 10.2. The SMILES string of the molecule is Nc1ccc(Nc2nc3ccccc3c(=O)[nH]2)cc1. The van der Waals surface area contributed by atoms with Gasteiger partial charge in [-0.2, -0.15) is 0 Å². The summed E-state index contributed by atoms with van der Waals surface area (Å²) >= 11 is 0. The molecule has 0 saturated carbocycles. The fraction of sp³-hybridized carbons (Fsp3) is 0. The van der Waals surface area contributed by atoms with Gasteiger partial charge < -0.3 is 11.1 Å². The van der Waals surface area contributed by atoms with Crippen LogP contribution in [-0.2, 0) is 0 Å². The van der Waals surface area contributed by atoms with Crippen molar-refractivity contribution in [2.24, 2.45) is 0 Å². The molecule has 0 radical (unpaired) electrons. The Morgan fingerprint density at radius 2 is 1.79 bits per heavy atom. The lowest BCUT2D eigenvalue weighted by molar-refractivity contribution is 1.17. The Kier molecular flexibility index (Phi) is 2.64. The summed E-state index contributed by atoms with van der Waals surface area (Å²) in [5.74, 6) is 0.411. The number of aromatic amines is 1. The molecule has 0 aliphatic rings. The quantitative estimate of drug-likeness (QED) is 0.611.